The Balaban J connectivity index is 0.000000128. The first kappa shape index (κ1) is 18.8. The van der Waals surface area contributed by atoms with Crippen molar-refractivity contribution in [3.05, 3.63) is 46.8 Å². The molecule has 4 N–H and O–H groups in total. The lowest BCUT2D eigenvalue weighted by Crippen LogP contribution is -2.36. The second-order valence-electron chi connectivity index (χ2n) is 8.67. The van der Waals surface area contributed by atoms with Gasteiger partial charge in [-0.3, -0.25) is 0 Å². The Morgan fingerprint density at radius 2 is 1.13 bits per heavy atom. The molecule has 30 heavy (non-hydrogen) atoms. The third-order valence-electron chi connectivity index (χ3n) is 6.92. The average molecular weight is 408 g/mol. The van der Waals surface area contributed by atoms with Crippen LogP contribution in [0, 0.1) is 0 Å². The van der Waals surface area contributed by atoms with Gasteiger partial charge in [0.2, 0.25) is 0 Å². The highest BCUT2D eigenvalue weighted by molar-refractivity contribution is 5.93. The van der Waals surface area contributed by atoms with E-state index in [-0.39, 0.29) is 35.0 Å². The molecule has 156 valence electrons. The number of carbonyl (C=O) groups is 2. The molecule has 2 atom stereocenters. The van der Waals surface area contributed by atoms with Gasteiger partial charge in [0.25, 0.3) is 0 Å². The van der Waals surface area contributed by atoms with E-state index in [1.54, 1.807) is 24.3 Å². The van der Waals surface area contributed by atoms with E-state index in [0.717, 1.165) is 37.1 Å². The molecule has 2 saturated carbocycles. The van der Waals surface area contributed by atoms with Gasteiger partial charge >= 0.3 is 11.9 Å². The molecule has 0 aromatic carbocycles. The molecule has 6 rings (SSSR count). The highest BCUT2D eigenvalue weighted by atomic mass is 16.5. The van der Waals surface area contributed by atoms with E-state index in [0.29, 0.717) is 22.8 Å². The van der Waals surface area contributed by atoms with E-state index in [1.165, 1.54) is 0 Å². The normalized spacial score (nSPS) is 25.9. The topological polar surface area (TPSA) is 130 Å². The van der Waals surface area contributed by atoms with Crippen LogP contribution in [0.25, 0.3) is 0 Å². The molecule has 2 aliphatic heterocycles. The maximum atomic E-state index is 11.6. The molecule has 4 aliphatic rings. The van der Waals surface area contributed by atoms with Crippen molar-refractivity contribution in [1.82, 2.24) is 9.97 Å². The molecule has 0 saturated heterocycles. The van der Waals surface area contributed by atoms with E-state index in [4.69, 9.17) is 20.9 Å². The highest BCUT2D eigenvalue weighted by Crippen LogP contribution is 2.55. The second kappa shape index (κ2) is 6.17. The lowest BCUT2D eigenvalue weighted by Gasteiger charge is -2.29. The van der Waals surface area contributed by atoms with Gasteiger partial charge in [-0.25, -0.2) is 19.6 Å². The number of anilines is 2. The Hall–Kier alpha value is -3.16. The highest BCUT2D eigenvalue weighted by Gasteiger charge is 2.57. The smallest absolute Gasteiger partial charge is 0.340 e. The fourth-order valence-electron chi connectivity index (χ4n) is 4.65. The van der Waals surface area contributed by atoms with Gasteiger partial charge in [0.15, 0.2) is 0 Å². The molecule has 8 nitrogen and oxygen atoms in total. The number of ether oxygens (including phenoxy) is 2. The molecular formula is C22H24N4O4. The average Bonchev–Trinajstić information content (AvgIpc) is 3.61. The van der Waals surface area contributed by atoms with Crippen LogP contribution in [-0.4, -0.2) is 34.1 Å². The number of hydrogen-bond acceptors (Lipinski definition) is 8. The summed E-state index contributed by atoms with van der Waals surface area (Å²) in [5.74, 6) is 0.397. The fourth-order valence-corrected chi connectivity index (χ4v) is 4.65. The van der Waals surface area contributed by atoms with Gasteiger partial charge in [-0.05, 0) is 63.8 Å². The Morgan fingerprint density at radius 3 is 1.47 bits per heavy atom. The molecule has 0 bridgehead atoms. The monoisotopic (exact) mass is 408 g/mol. The fraction of sp³-hybridized carbons (Fsp3) is 0.455. The van der Waals surface area contributed by atoms with Gasteiger partial charge in [0, 0.05) is 0 Å². The Bertz CT molecular complexity index is 989. The summed E-state index contributed by atoms with van der Waals surface area (Å²) in [7, 11) is 0. The number of nitrogen functional groups attached to an aromatic ring is 2. The van der Waals surface area contributed by atoms with Crippen molar-refractivity contribution < 1.29 is 19.1 Å². The van der Waals surface area contributed by atoms with Crippen LogP contribution >= 0.6 is 0 Å². The number of cyclic esters (lactones) is 2. The number of carbonyl (C=O) groups excluding carboxylic acids is 2. The molecule has 0 unspecified atom stereocenters. The van der Waals surface area contributed by atoms with Crippen molar-refractivity contribution >= 4 is 23.6 Å². The van der Waals surface area contributed by atoms with Crippen LogP contribution in [0.1, 0.15) is 71.6 Å². The summed E-state index contributed by atoms with van der Waals surface area (Å²) in [6, 6.07) is 6.72. The second-order valence-corrected chi connectivity index (χ2v) is 8.67. The molecule has 2 aromatic heterocycles. The van der Waals surface area contributed by atoms with Crippen molar-refractivity contribution in [2.75, 3.05) is 11.5 Å². The Kier molecular flexibility index (Phi) is 3.87. The van der Waals surface area contributed by atoms with Crippen molar-refractivity contribution in [3.8, 4) is 0 Å². The lowest BCUT2D eigenvalue weighted by atomic mass is 9.89. The summed E-state index contributed by atoms with van der Waals surface area (Å²) in [5, 5.41) is 0. The quantitative estimate of drug-likeness (QED) is 0.636. The summed E-state index contributed by atoms with van der Waals surface area (Å²) >= 11 is 0. The summed E-state index contributed by atoms with van der Waals surface area (Å²) < 4.78 is 10.6. The Morgan fingerprint density at radius 1 is 0.767 bits per heavy atom. The number of aromatic nitrogens is 2. The van der Waals surface area contributed by atoms with Crippen LogP contribution in [0.4, 0.5) is 11.6 Å². The van der Waals surface area contributed by atoms with E-state index < -0.39 is 0 Å². The molecule has 2 spiro atoms. The molecule has 4 heterocycles. The first-order chi connectivity index (χ1) is 14.3. The van der Waals surface area contributed by atoms with E-state index in [1.807, 2.05) is 13.8 Å². The maximum absolute atomic E-state index is 11.6. The SMILES string of the molecule is C[C@@H]1OC(=O)c2ccc(N)nc2C12CC2.C[C@H]1OC(=O)c2ccc(N)nc2C12CC2. The zero-order valence-corrected chi connectivity index (χ0v) is 17.0. The minimum atomic E-state index is -0.275. The van der Waals surface area contributed by atoms with Gasteiger partial charge in [0.1, 0.15) is 23.8 Å². The van der Waals surface area contributed by atoms with E-state index in [9.17, 15) is 9.59 Å². The number of esters is 2. The predicted molar refractivity (Wildman–Crippen MR) is 109 cm³/mol. The molecular weight excluding hydrogens is 384 g/mol. The maximum Gasteiger partial charge on any atom is 0.340 e. The van der Waals surface area contributed by atoms with Gasteiger partial charge in [-0.2, -0.15) is 0 Å². The molecule has 2 fully saturated rings. The molecule has 0 radical (unpaired) electrons. The zero-order valence-electron chi connectivity index (χ0n) is 17.0. The number of pyridine rings is 2. The van der Waals surface area contributed by atoms with Crippen LogP contribution in [0.15, 0.2) is 24.3 Å². The summed E-state index contributed by atoms with van der Waals surface area (Å²) in [6.07, 6.45) is 3.98. The van der Waals surface area contributed by atoms with Crippen molar-refractivity contribution in [3.63, 3.8) is 0 Å². The minimum absolute atomic E-state index is 0.0430. The van der Waals surface area contributed by atoms with Gasteiger partial charge < -0.3 is 20.9 Å². The van der Waals surface area contributed by atoms with Gasteiger partial charge in [0.05, 0.1) is 33.3 Å². The van der Waals surface area contributed by atoms with Crippen LogP contribution in [0.5, 0.6) is 0 Å². The molecule has 2 aromatic rings. The third-order valence-corrected chi connectivity index (χ3v) is 6.92. The first-order valence-corrected chi connectivity index (χ1v) is 10.2. The summed E-state index contributed by atoms with van der Waals surface area (Å²) in [4.78, 5) is 31.9. The van der Waals surface area contributed by atoms with Crippen LogP contribution < -0.4 is 11.5 Å². The molecule has 0 amide bonds. The van der Waals surface area contributed by atoms with Crippen LogP contribution in [0.2, 0.25) is 0 Å². The van der Waals surface area contributed by atoms with Gasteiger partial charge in [-0.1, -0.05) is 0 Å². The summed E-state index contributed by atoms with van der Waals surface area (Å²) in [5.41, 5.74) is 14.1. The third kappa shape index (κ3) is 2.66. The number of rotatable bonds is 0. The summed E-state index contributed by atoms with van der Waals surface area (Å²) in [6.45, 7) is 3.86. The lowest BCUT2D eigenvalue weighted by molar-refractivity contribution is 0.0175. The largest absolute Gasteiger partial charge is 0.458 e. The van der Waals surface area contributed by atoms with Crippen LogP contribution in [-0.2, 0) is 20.3 Å². The van der Waals surface area contributed by atoms with Crippen molar-refractivity contribution in [1.29, 1.82) is 0 Å². The number of nitrogens with zero attached hydrogens (tertiary/aromatic N) is 2. The molecule has 2 aliphatic carbocycles. The number of hydrogen-bond donors (Lipinski definition) is 2. The van der Waals surface area contributed by atoms with Crippen LogP contribution in [0.3, 0.4) is 0 Å². The van der Waals surface area contributed by atoms with Crippen molar-refractivity contribution in [2.24, 2.45) is 0 Å². The number of nitrogens with two attached hydrogens (primary N) is 2. The zero-order chi connectivity index (χ0) is 21.3. The van der Waals surface area contributed by atoms with Crippen molar-refractivity contribution in [2.45, 2.75) is 62.6 Å². The Labute approximate surface area is 174 Å². The van der Waals surface area contributed by atoms with E-state index in [2.05, 4.69) is 9.97 Å². The standard InChI is InChI=1S/2C11H12N2O2/c2*1-6-11(4-5-11)9-7(10(14)15-6)2-3-8(12)13-9/h2*2-3,6H,4-5H2,1H3,(H2,12,13)/t2*6-/m10/s1. The minimum Gasteiger partial charge on any atom is -0.458 e. The van der Waals surface area contributed by atoms with Gasteiger partial charge in [-0.15, -0.1) is 0 Å². The molecule has 8 heteroatoms. The van der Waals surface area contributed by atoms with E-state index >= 15 is 0 Å². The number of fused-ring (bicyclic) bond motifs is 4. The predicted octanol–water partition coefficient (Wildman–Crippen LogP) is 2.51. The first-order valence-electron chi connectivity index (χ1n) is 10.2.